The molecule has 0 saturated heterocycles. The summed E-state index contributed by atoms with van der Waals surface area (Å²) in [6.07, 6.45) is 7.96. The summed E-state index contributed by atoms with van der Waals surface area (Å²) in [5, 5.41) is 0. The molecule has 0 spiro atoms. The van der Waals surface area contributed by atoms with Crippen LogP contribution in [0.1, 0.15) is 58.8 Å². The summed E-state index contributed by atoms with van der Waals surface area (Å²) in [5.41, 5.74) is 0.454. The number of hydrogen-bond acceptors (Lipinski definition) is 4. The summed E-state index contributed by atoms with van der Waals surface area (Å²) in [5.74, 6) is 0.760. The summed E-state index contributed by atoms with van der Waals surface area (Å²) >= 11 is 0. The summed E-state index contributed by atoms with van der Waals surface area (Å²) in [6, 6.07) is 0. The van der Waals surface area contributed by atoms with Gasteiger partial charge in [0.2, 0.25) is 0 Å². The van der Waals surface area contributed by atoms with E-state index < -0.39 is 0 Å². The molecule has 1 fully saturated rings. The third-order valence-electron chi connectivity index (χ3n) is 4.00. The highest BCUT2D eigenvalue weighted by Crippen LogP contribution is 2.32. The van der Waals surface area contributed by atoms with Gasteiger partial charge in [0.1, 0.15) is 0 Å². The molecular weight excluding hydrogens is 268 g/mol. The first-order valence-corrected chi connectivity index (χ1v) is 7.95. The van der Waals surface area contributed by atoms with Crippen molar-refractivity contribution < 1.29 is 19.1 Å². The SMILES string of the molecule is C=C(C)C(=O)OCCCCC1CCCC(COC(C)=O)C1. The number of hydrogen-bond donors (Lipinski definition) is 0. The molecule has 0 aromatic heterocycles. The zero-order valence-electron chi connectivity index (χ0n) is 13.4. The van der Waals surface area contributed by atoms with Gasteiger partial charge < -0.3 is 9.47 Å². The van der Waals surface area contributed by atoms with E-state index in [1.807, 2.05) is 0 Å². The second-order valence-corrected chi connectivity index (χ2v) is 6.11. The molecule has 120 valence electrons. The molecule has 0 aromatic carbocycles. The van der Waals surface area contributed by atoms with Crippen LogP contribution in [0.2, 0.25) is 0 Å². The molecular formula is C17H28O4. The van der Waals surface area contributed by atoms with E-state index in [0.717, 1.165) is 25.2 Å². The number of esters is 2. The molecule has 21 heavy (non-hydrogen) atoms. The lowest BCUT2D eigenvalue weighted by Crippen LogP contribution is -2.21. The minimum absolute atomic E-state index is 0.184. The molecule has 0 radical (unpaired) electrons. The van der Waals surface area contributed by atoms with Crippen molar-refractivity contribution in [1.29, 1.82) is 0 Å². The van der Waals surface area contributed by atoms with Gasteiger partial charge in [-0.25, -0.2) is 4.79 Å². The van der Waals surface area contributed by atoms with Gasteiger partial charge >= 0.3 is 11.9 Å². The third-order valence-corrected chi connectivity index (χ3v) is 4.00. The number of carbonyl (C=O) groups is 2. The third kappa shape index (κ3) is 7.88. The van der Waals surface area contributed by atoms with Gasteiger partial charge in [0.15, 0.2) is 0 Å². The van der Waals surface area contributed by atoms with Gasteiger partial charge in [-0.15, -0.1) is 0 Å². The van der Waals surface area contributed by atoms with Crippen LogP contribution in [-0.4, -0.2) is 25.2 Å². The predicted octanol–water partition coefficient (Wildman–Crippen LogP) is 3.65. The molecule has 0 N–H and O–H groups in total. The van der Waals surface area contributed by atoms with Gasteiger partial charge in [0.05, 0.1) is 13.2 Å². The molecule has 1 aliphatic rings. The first-order chi connectivity index (χ1) is 9.99. The zero-order chi connectivity index (χ0) is 15.7. The van der Waals surface area contributed by atoms with Crippen LogP contribution in [0.25, 0.3) is 0 Å². The Morgan fingerprint density at radius 3 is 2.48 bits per heavy atom. The van der Waals surface area contributed by atoms with Crippen LogP contribution in [0.15, 0.2) is 12.2 Å². The molecule has 4 nitrogen and oxygen atoms in total. The lowest BCUT2D eigenvalue weighted by atomic mass is 9.79. The van der Waals surface area contributed by atoms with Crippen molar-refractivity contribution in [1.82, 2.24) is 0 Å². The molecule has 0 amide bonds. The molecule has 2 atom stereocenters. The zero-order valence-corrected chi connectivity index (χ0v) is 13.4. The average Bonchev–Trinajstić information content (AvgIpc) is 2.45. The summed E-state index contributed by atoms with van der Waals surface area (Å²) in [7, 11) is 0. The predicted molar refractivity (Wildman–Crippen MR) is 81.7 cm³/mol. The van der Waals surface area contributed by atoms with E-state index in [-0.39, 0.29) is 11.9 Å². The van der Waals surface area contributed by atoms with Crippen LogP contribution >= 0.6 is 0 Å². The maximum absolute atomic E-state index is 11.2. The van der Waals surface area contributed by atoms with E-state index in [1.54, 1.807) is 6.92 Å². The monoisotopic (exact) mass is 296 g/mol. The Kier molecular flexibility index (Phi) is 8.09. The van der Waals surface area contributed by atoms with E-state index in [0.29, 0.717) is 24.7 Å². The topological polar surface area (TPSA) is 52.6 Å². The highest BCUT2D eigenvalue weighted by atomic mass is 16.5. The Labute approximate surface area is 127 Å². The number of rotatable bonds is 8. The van der Waals surface area contributed by atoms with Gasteiger partial charge in [-0.2, -0.15) is 0 Å². The standard InChI is InChI=1S/C17H28O4/c1-13(2)17(19)20-10-5-4-7-15-8-6-9-16(11-15)12-21-14(3)18/h15-16H,1,4-12H2,2-3H3. The van der Waals surface area contributed by atoms with Crippen molar-refractivity contribution in [2.75, 3.05) is 13.2 Å². The summed E-state index contributed by atoms with van der Waals surface area (Å²) in [4.78, 5) is 22.1. The van der Waals surface area contributed by atoms with E-state index in [9.17, 15) is 9.59 Å². The van der Waals surface area contributed by atoms with Gasteiger partial charge in [0, 0.05) is 12.5 Å². The van der Waals surface area contributed by atoms with Crippen molar-refractivity contribution in [3.05, 3.63) is 12.2 Å². The van der Waals surface area contributed by atoms with Crippen molar-refractivity contribution in [2.24, 2.45) is 11.8 Å². The van der Waals surface area contributed by atoms with E-state index in [2.05, 4.69) is 6.58 Å². The van der Waals surface area contributed by atoms with E-state index >= 15 is 0 Å². The Hall–Kier alpha value is -1.32. The van der Waals surface area contributed by atoms with Crippen molar-refractivity contribution in [3.63, 3.8) is 0 Å². The highest BCUT2D eigenvalue weighted by molar-refractivity contribution is 5.86. The fourth-order valence-corrected chi connectivity index (χ4v) is 2.87. The Balaban J connectivity index is 2.10. The lowest BCUT2D eigenvalue weighted by molar-refractivity contribution is -0.143. The normalized spacial score (nSPS) is 21.6. The van der Waals surface area contributed by atoms with E-state index in [4.69, 9.17) is 9.47 Å². The van der Waals surface area contributed by atoms with Crippen LogP contribution in [0.5, 0.6) is 0 Å². The molecule has 0 aliphatic heterocycles. The van der Waals surface area contributed by atoms with Gasteiger partial charge in [0.25, 0.3) is 0 Å². The van der Waals surface area contributed by atoms with Crippen LogP contribution in [0.3, 0.4) is 0 Å². The van der Waals surface area contributed by atoms with E-state index in [1.165, 1.54) is 32.6 Å². The molecule has 4 heteroatoms. The Morgan fingerprint density at radius 1 is 1.10 bits per heavy atom. The molecule has 0 aromatic rings. The lowest BCUT2D eigenvalue weighted by Gasteiger charge is -2.28. The maximum atomic E-state index is 11.2. The van der Waals surface area contributed by atoms with Gasteiger partial charge in [-0.1, -0.05) is 25.8 Å². The summed E-state index contributed by atoms with van der Waals surface area (Å²) < 4.78 is 10.2. The van der Waals surface area contributed by atoms with Crippen molar-refractivity contribution in [3.8, 4) is 0 Å². The minimum atomic E-state index is -0.297. The second-order valence-electron chi connectivity index (χ2n) is 6.11. The van der Waals surface area contributed by atoms with Gasteiger partial charge in [-0.3, -0.25) is 4.79 Å². The smallest absolute Gasteiger partial charge is 0.333 e. The number of ether oxygens (including phenoxy) is 2. The molecule has 1 aliphatic carbocycles. The van der Waals surface area contributed by atoms with Crippen LogP contribution in [-0.2, 0) is 19.1 Å². The van der Waals surface area contributed by atoms with Crippen molar-refractivity contribution >= 4 is 11.9 Å². The molecule has 2 unspecified atom stereocenters. The Morgan fingerprint density at radius 2 is 1.81 bits per heavy atom. The molecule has 0 bridgehead atoms. The van der Waals surface area contributed by atoms with Gasteiger partial charge in [-0.05, 0) is 44.4 Å². The average molecular weight is 296 g/mol. The largest absolute Gasteiger partial charge is 0.466 e. The van der Waals surface area contributed by atoms with Crippen LogP contribution < -0.4 is 0 Å². The molecule has 1 saturated carbocycles. The summed E-state index contributed by atoms with van der Waals surface area (Å²) in [6.45, 7) is 7.73. The van der Waals surface area contributed by atoms with Crippen LogP contribution in [0.4, 0.5) is 0 Å². The molecule has 1 rings (SSSR count). The number of carbonyl (C=O) groups excluding carboxylic acids is 2. The quantitative estimate of drug-likeness (QED) is 0.390. The number of unbranched alkanes of at least 4 members (excludes halogenated alkanes) is 1. The Bertz CT molecular complexity index is 362. The fraction of sp³-hybridized carbons (Fsp3) is 0.765. The first kappa shape index (κ1) is 17.7. The fourth-order valence-electron chi connectivity index (χ4n) is 2.87. The van der Waals surface area contributed by atoms with Crippen LogP contribution in [0, 0.1) is 11.8 Å². The maximum Gasteiger partial charge on any atom is 0.333 e. The molecule has 0 heterocycles. The highest BCUT2D eigenvalue weighted by Gasteiger charge is 2.22. The second kappa shape index (κ2) is 9.59. The minimum Gasteiger partial charge on any atom is -0.466 e. The van der Waals surface area contributed by atoms with Crippen molar-refractivity contribution in [2.45, 2.75) is 58.8 Å². The first-order valence-electron chi connectivity index (χ1n) is 7.95.